The van der Waals surface area contributed by atoms with Gasteiger partial charge in [-0.05, 0) is 135 Å². The van der Waals surface area contributed by atoms with Crippen LogP contribution in [0.15, 0.2) is 122 Å². The van der Waals surface area contributed by atoms with Gasteiger partial charge in [0.1, 0.15) is 12.1 Å². The molecule has 328 valence electrons. The second-order valence-electron chi connectivity index (χ2n) is 17.3. The van der Waals surface area contributed by atoms with Crippen LogP contribution < -0.4 is 26.6 Å². The van der Waals surface area contributed by atoms with Crippen molar-refractivity contribution in [3.05, 3.63) is 144 Å². The fourth-order valence-corrected chi connectivity index (χ4v) is 9.27. The van der Waals surface area contributed by atoms with E-state index in [1.807, 2.05) is 103 Å². The molecule has 12 heteroatoms. The van der Waals surface area contributed by atoms with Gasteiger partial charge in [0, 0.05) is 53.7 Å². The normalized spacial score (nSPS) is 17.3. The van der Waals surface area contributed by atoms with E-state index in [4.69, 9.17) is 0 Å². The number of nitrogens with one attached hydrogen (secondary N) is 7. The Morgan fingerprint density at radius 2 is 1.02 bits per heavy atom. The Bertz CT molecular complexity index is 2430. The number of amides is 4. The van der Waals surface area contributed by atoms with E-state index < -0.39 is 12.1 Å². The third-order valence-corrected chi connectivity index (χ3v) is 13.1. The van der Waals surface area contributed by atoms with Crippen molar-refractivity contribution < 1.29 is 19.2 Å². The van der Waals surface area contributed by atoms with Crippen molar-refractivity contribution in [2.75, 3.05) is 39.3 Å². The molecular weight excluding hydrogens is 789 g/mol. The maximum Gasteiger partial charge on any atom is 0.252 e. The van der Waals surface area contributed by atoms with E-state index in [9.17, 15) is 19.2 Å². The van der Waals surface area contributed by atoms with Gasteiger partial charge < -0.3 is 41.5 Å². The van der Waals surface area contributed by atoms with Crippen LogP contribution in [0.1, 0.15) is 95.3 Å². The van der Waals surface area contributed by atoms with Gasteiger partial charge in [-0.1, -0.05) is 85.6 Å². The Labute approximate surface area is 369 Å². The molecule has 9 rings (SSSR count). The van der Waals surface area contributed by atoms with Crippen molar-refractivity contribution in [3.8, 4) is 0 Å². The molecule has 2 aromatic heterocycles. The zero-order valence-corrected chi connectivity index (χ0v) is 35.9. The van der Waals surface area contributed by atoms with E-state index in [1.165, 1.54) is 25.7 Å². The average Bonchev–Trinajstić information content (AvgIpc) is 4.15. The zero-order valence-electron chi connectivity index (χ0n) is 35.9. The molecule has 4 amide bonds. The molecule has 2 aliphatic heterocycles. The Kier molecular flexibility index (Phi) is 14.6. The van der Waals surface area contributed by atoms with Gasteiger partial charge in [0.15, 0.2) is 0 Å². The summed E-state index contributed by atoms with van der Waals surface area (Å²) in [5.74, 6) is 0.104. The summed E-state index contributed by atoms with van der Waals surface area (Å²) in [5, 5.41) is 17.5. The fraction of sp³-hybridized carbons (Fsp3) is 0.373. The molecule has 12 nitrogen and oxygen atoms in total. The SMILES string of the molecule is O=C(N[C@@H](C(=O)NCC1CCN(C2CCCC2)CC1)c1ccccc1)c1ccc2cc[nH]c2c1.O=C(N[C@@H](C(=O)NCC1CCNCC1)c1ccccc1)c1ccc2cc[nH]c2c1. The maximum atomic E-state index is 13.3. The van der Waals surface area contributed by atoms with Crippen LogP contribution in [0, 0.1) is 11.8 Å². The molecular formula is C51H60N8O4. The first-order chi connectivity index (χ1) is 30.9. The Morgan fingerprint density at radius 1 is 0.556 bits per heavy atom. The van der Waals surface area contributed by atoms with Gasteiger partial charge in [-0.3, -0.25) is 19.2 Å². The van der Waals surface area contributed by atoms with E-state index in [0.29, 0.717) is 36.1 Å². The topological polar surface area (TPSA) is 163 Å². The second-order valence-corrected chi connectivity index (χ2v) is 17.3. The van der Waals surface area contributed by atoms with Gasteiger partial charge in [-0.2, -0.15) is 0 Å². The highest BCUT2D eigenvalue weighted by atomic mass is 16.2. The lowest BCUT2D eigenvalue weighted by Crippen LogP contribution is -2.45. The van der Waals surface area contributed by atoms with Crippen LogP contribution in [-0.2, 0) is 9.59 Å². The van der Waals surface area contributed by atoms with Crippen LogP contribution >= 0.6 is 0 Å². The Balaban J connectivity index is 0.000000175. The molecule has 4 aromatic carbocycles. The van der Waals surface area contributed by atoms with Crippen LogP contribution in [0.3, 0.4) is 0 Å². The summed E-state index contributed by atoms with van der Waals surface area (Å²) < 4.78 is 0. The summed E-state index contributed by atoms with van der Waals surface area (Å²) in [6.45, 7) is 5.52. The van der Waals surface area contributed by atoms with Gasteiger partial charge in [0.05, 0.1) is 0 Å². The predicted octanol–water partition coefficient (Wildman–Crippen LogP) is 7.16. The van der Waals surface area contributed by atoms with E-state index >= 15 is 0 Å². The van der Waals surface area contributed by atoms with Gasteiger partial charge >= 0.3 is 0 Å². The van der Waals surface area contributed by atoms with Crippen molar-refractivity contribution in [3.63, 3.8) is 0 Å². The maximum absolute atomic E-state index is 13.3. The van der Waals surface area contributed by atoms with E-state index in [-0.39, 0.29) is 23.6 Å². The molecule has 0 bridgehead atoms. The zero-order chi connectivity index (χ0) is 43.4. The molecule has 7 N–H and O–H groups in total. The fourth-order valence-electron chi connectivity index (χ4n) is 9.27. The molecule has 6 aromatic rings. The van der Waals surface area contributed by atoms with E-state index in [2.05, 4.69) is 41.5 Å². The summed E-state index contributed by atoms with van der Waals surface area (Å²) in [6, 6.07) is 33.1. The van der Waals surface area contributed by atoms with Gasteiger partial charge in [0.2, 0.25) is 11.8 Å². The molecule has 3 fully saturated rings. The molecule has 2 saturated heterocycles. The Hall–Kier alpha value is -6.24. The minimum Gasteiger partial charge on any atom is -0.361 e. The van der Waals surface area contributed by atoms with Crippen LogP contribution in [0.4, 0.5) is 0 Å². The minimum atomic E-state index is -0.732. The molecule has 0 spiro atoms. The third kappa shape index (κ3) is 11.4. The molecule has 2 atom stereocenters. The number of fused-ring (bicyclic) bond motifs is 2. The Morgan fingerprint density at radius 3 is 1.49 bits per heavy atom. The molecule has 1 aliphatic carbocycles. The monoisotopic (exact) mass is 848 g/mol. The molecule has 0 unspecified atom stereocenters. The van der Waals surface area contributed by atoms with Crippen LogP contribution in [0.5, 0.6) is 0 Å². The van der Waals surface area contributed by atoms with Crippen molar-refractivity contribution >= 4 is 45.4 Å². The average molecular weight is 849 g/mol. The quantitative estimate of drug-likeness (QED) is 0.0653. The van der Waals surface area contributed by atoms with E-state index in [0.717, 1.165) is 90.8 Å². The highest BCUT2D eigenvalue weighted by molar-refractivity contribution is 6.01. The number of aromatic nitrogens is 2. The summed E-state index contributed by atoms with van der Waals surface area (Å²) in [5.41, 5.74) is 4.39. The van der Waals surface area contributed by atoms with Crippen molar-refractivity contribution in [1.82, 2.24) is 41.5 Å². The van der Waals surface area contributed by atoms with Gasteiger partial charge in [0.25, 0.3) is 11.8 Å². The first kappa shape index (κ1) is 43.4. The van der Waals surface area contributed by atoms with Gasteiger partial charge in [-0.15, -0.1) is 0 Å². The number of carbonyl (C=O) groups is 4. The number of aromatic amines is 2. The van der Waals surface area contributed by atoms with Crippen LogP contribution in [-0.4, -0.2) is 83.8 Å². The number of nitrogens with zero attached hydrogens (tertiary/aromatic N) is 1. The summed E-state index contributed by atoms with van der Waals surface area (Å²) >= 11 is 0. The minimum absolute atomic E-state index is 0.154. The second kappa shape index (κ2) is 21.2. The number of carbonyl (C=O) groups excluding carboxylic acids is 4. The smallest absolute Gasteiger partial charge is 0.252 e. The van der Waals surface area contributed by atoms with Crippen LogP contribution in [0.2, 0.25) is 0 Å². The van der Waals surface area contributed by atoms with Gasteiger partial charge in [-0.25, -0.2) is 0 Å². The summed E-state index contributed by atoms with van der Waals surface area (Å²) in [7, 11) is 0. The lowest BCUT2D eigenvalue weighted by Gasteiger charge is -2.36. The summed E-state index contributed by atoms with van der Waals surface area (Å²) in [6.07, 6.45) is 13.5. The van der Waals surface area contributed by atoms with Crippen LogP contribution in [0.25, 0.3) is 21.8 Å². The largest absolute Gasteiger partial charge is 0.361 e. The van der Waals surface area contributed by atoms with Crippen molar-refractivity contribution in [1.29, 1.82) is 0 Å². The molecule has 1 saturated carbocycles. The number of benzene rings is 4. The number of likely N-dealkylation sites (tertiary alicyclic amines) is 1. The number of hydrogen-bond donors (Lipinski definition) is 7. The standard InChI is InChI=1S/C28H34N4O2.C23H26N4O2/c33-27(23-11-10-21-12-15-29-25(21)18-23)31-26(22-6-2-1-3-7-22)28(34)30-19-20-13-16-32(17-14-20)24-8-4-5-9-24;28-22(19-7-6-17-10-13-25-20(17)14-19)27-21(18-4-2-1-3-5-18)23(29)26-15-16-8-11-24-12-9-16/h1-3,6-7,10-12,15,18,20,24,26,29H,4-5,8-9,13-14,16-17,19H2,(H,30,34)(H,31,33);1-7,10,13-14,16,21,24-25H,8-9,11-12,15H2,(H,26,29)(H,27,28)/t26-;21-/m11/s1. The first-order valence-electron chi connectivity index (χ1n) is 22.7. The predicted molar refractivity (Wildman–Crippen MR) is 248 cm³/mol. The van der Waals surface area contributed by atoms with Crippen molar-refractivity contribution in [2.45, 2.75) is 69.5 Å². The molecule has 0 radical (unpaired) electrons. The number of hydrogen-bond acceptors (Lipinski definition) is 6. The van der Waals surface area contributed by atoms with Crippen molar-refractivity contribution in [2.24, 2.45) is 11.8 Å². The highest BCUT2D eigenvalue weighted by Gasteiger charge is 2.29. The molecule has 4 heterocycles. The van der Waals surface area contributed by atoms with E-state index in [1.54, 1.807) is 18.2 Å². The third-order valence-electron chi connectivity index (χ3n) is 13.1. The lowest BCUT2D eigenvalue weighted by molar-refractivity contribution is -0.124. The number of rotatable bonds is 13. The number of H-pyrrole nitrogens is 2. The lowest BCUT2D eigenvalue weighted by atomic mass is 9.95. The molecule has 63 heavy (non-hydrogen) atoms. The highest BCUT2D eigenvalue weighted by Crippen LogP contribution is 2.28. The number of piperidine rings is 2. The summed E-state index contributed by atoms with van der Waals surface area (Å²) in [4.78, 5) is 61.1. The first-order valence-corrected chi connectivity index (χ1v) is 22.7. The molecule has 3 aliphatic rings.